The Morgan fingerprint density at radius 1 is 1.23 bits per heavy atom. The number of carbonyl (C=O) groups is 1. The summed E-state index contributed by atoms with van der Waals surface area (Å²) in [7, 11) is 2.79. The summed E-state index contributed by atoms with van der Waals surface area (Å²) in [6.45, 7) is 6.84. The number of aliphatic hydroxyl groups is 1. The molecule has 2 unspecified atom stereocenters. The molecule has 1 aliphatic carbocycles. The van der Waals surface area contributed by atoms with Gasteiger partial charge in [-0.3, -0.25) is 9.79 Å². The Hall–Kier alpha value is -2.56. The third kappa shape index (κ3) is 2.82. The van der Waals surface area contributed by atoms with Crippen LogP contribution in [0.1, 0.15) is 58.9 Å². The lowest BCUT2D eigenvalue weighted by molar-refractivity contribution is -0.157. The van der Waals surface area contributed by atoms with E-state index in [4.69, 9.17) is 9.73 Å². The van der Waals surface area contributed by atoms with E-state index in [1.54, 1.807) is 10.6 Å². The fourth-order valence-electron chi connectivity index (χ4n) is 4.75. The van der Waals surface area contributed by atoms with E-state index in [1.165, 1.54) is 11.1 Å². The molecule has 0 spiro atoms. The van der Waals surface area contributed by atoms with Crippen LogP contribution < -0.4 is 10.9 Å². The zero-order valence-electron chi connectivity index (χ0n) is 16.8. The maximum Gasteiger partial charge on any atom is 0.340 e. The number of fused-ring (bicyclic) bond motifs is 3. The van der Waals surface area contributed by atoms with Crippen LogP contribution in [0.25, 0.3) is 5.57 Å². The first-order valence-electron chi connectivity index (χ1n) is 10.2. The normalized spacial score (nSPS) is 21.3. The summed E-state index contributed by atoms with van der Waals surface area (Å²) in [6.07, 6.45) is 2.25. The number of aromatic nitrogens is 1. The van der Waals surface area contributed by atoms with Crippen LogP contribution in [0.4, 0.5) is 5.69 Å². The van der Waals surface area contributed by atoms with E-state index in [2.05, 4.69) is 28.8 Å². The van der Waals surface area contributed by atoms with Crippen LogP contribution >= 0.6 is 9.24 Å². The van der Waals surface area contributed by atoms with Crippen molar-refractivity contribution in [3.05, 3.63) is 62.6 Å². The highest BCUT2D eigenvalue weighted by Crippen LogP contribution is 2.39. The van der Waals surface area contributed by atoms with Crippen LogP contribution in [0.2, 0.25) is 0 Å². The van der Waals surface area contributed by atoms with Gasteiger partial charge in [-0.05, 0) is 60.3 Å². The van der Waals surface area contributed by atoms with E-state index in [9.17, 15) is 14.7 Å². The van der Waals surface area contributed by atoms with Crippen LogP contribution in [0.5, 0.6) is 0 Å². The first-order valence-corrected chi connectivity index (χ1v) is 10.7. The molecular formula is C23H23N2O4P. The molecule has 1 aromatic carbocycles. The van der Waals surface area contributed by atoms with Crippen LogP contribution in [0.3, 0.4) is 0 Å². The number of cyclic esters (lactones) is 1. The van der Waals surface area contributed by atoms with E-state index in [-0.39, 0.29) is 12.2 Å². The van der Waals surface area contributed by atoms with Gasteiger partial charge < -0.3 is 14.4 Å². The molecule has 0 fully saturated rings. The van der Waals surface area contributed by atoms with Gasteiger partial charge in [0.1, 0.15) is 6.61 Å². The van der Waals surface area contributed by atoms with E-state index in [0.717, 1.165) is 47.1 Å². The Kier molecular flexibility index (Phi) is 4.53. The summed E-state index contributed by atoms with van der Waals surface area (Å²) >= 11 is 0. The predicted octanol–water partition coefficient (Wildman–Crippen LogP) is 2.62. The van der Waals surface area contributed by atoms with Crippen LogP contribution in [-0.2, 0) is 29.1 Å². The van der Waals surface area contributed by atoms with Gasteiger partial charge in [-0.15, -0.1) is 9.24 Å². The SMILES string of the molecule is C=C1CCCc2c(C)c(P)cc(N=C3CCn4c3cc3c(c4=O)COC(=O)C3O)c21. The highest BCUT2D eigenvalue weighted by atomic mass is 31.0. The highest BCUT2D eigenvalue weighted by Gasteiger charge is 2.33. The number of pyridine rings is 1. The number of rotatable bonds is 1. The molecule has 2 aromatic rings. The lowest BCUT2D eigenvalue weighted by Gasteiger charge is -2.24. The summed E-state index contributed by atoms with van der Waals surface area (Å²) in [5.41, 5.74) is 7.57. The lowest BCUT2D eigenvalue weighted by Crippen LogP contribution is -2.33. The van der Waals surface area contributed by atoms with Crippen LogP contribution in [0.15, 0.2) is 28.5 Å². The smallest absolute Gasteiger partial charge is 0.340 e. The molecule has 0 amide bonds. The number of nitrogens with zero attached hydrogens (tertiary/aromatic N) is 2. The third-order valence-electron chi connectivity index (χ3n) is 6.43. The molecule has 3 heterocycles. The fourth-order valence-corrected chi connectivity index (χ4v) is 5.09. The molecule has 0 radical (unpaired) electrons. The largest absolute Gasteiger partial charge is 0.458 e. The lowest BCUT2D eigenvalue weighted by atomic mass is 9.84. The Morgan fingerprint density at radius 2 is 2.03 bits per heavy atom. The molecule has 0 saturated heterocycles. The van der Waals surface area contributed by atoms with Crippen LogP contribution in [0, 0.1) is 6.92 Å². The molecule has 1 N–H and O–H groups in total. The minimum atomic E-state index is -1.43. The minimum absolute atomic E-state index is 0.0987. The van der Waals surface area contributed by atoms with Gasteiger partial charge in [-0.1, -0.05) is 6.58 Å². The summed E-state index contributed by atoms with van der Waals surface area (Å²) in [5.74, 6) is -0.722. The summed E-state index contributed by atoms with van der Waals surface area (Å²) < 4.78 is 6.60. The molecule has 1 aromatic heterocycles. The first kappa shape index (κ1) is 19.4. The number of allylic oxidation sites excluding steroid dienone is 1. The molecule has 6 nitrogen and oxygen atoms in total. The van der Waals surface area contributed by atoms with Crippen molar-refractivity contribution in [1.29, 1.82) is 0 Å². The average molecular weight is 422 g/mol. The number of hydrogen-bond donors (Lipinski definition) is 1. The van der Waals surface area contributed by atoms with Crippen molar-refractivity contribution in [2.45, 2.75) is 51.9 Å². The topological polar surface area (TPSA) is 80.9 Å². The maximum atomic E-state index is 12.9. The third-order valence-corrected chi connectivity index (χ3v) is 7.03. The number of aliphatic hydroxyl groups excluding tert-OH is 1. The second-order valence-corrected chi connectivity index (χ2v) is 8.78. The second-order valence-electron chi connectivity index (χ2n) is 8.16. The number of ether oxygens (including phenoxy) is 1. The highest BCUT2D eigenvalue weighted by molar-refractivity contribution is 7.27. The van der Waals surface area contributed by atoms with Gasteiger partial charge in [0.25, 0.3) is 5.56 Å². The van der Waals surface area contributed by atoms with Gasteiger partial charge in [0.05, 0.1) is 22.7 Å². The predicted molar refractivity (Wildman–Crippen MR) is 119 cm³/mol. The zero-order valence-corrected chi connectivity index (χ0v) is 18.0. The zero-order chi connectivity index (χ0) is 21.2. The standard InChI is InChI=1S/C23H23N2O4P/c1-11-4-3-5-13-12(2)19(30)9-17(20(11)13)24-16-6-7-25-18(16)8-14-15(22(25)27)10-29-23(28)21(14)26/h8-9,21,26H,1,3-7,10,30H2,2H3. The fraction of sp³-hybridized carbons (Fsp3) is 0.348. The molecule has 154 valence electrons. The van der Waals surface area contributed by atoms with Gasteiger partial charge in [0, 0.05) is 24.1 Å². The molecule has 30 heavy (non-hydrogen) atoms. The number of hydrogen-bond acceptors (Lipinski definition) is 5. The van der Waals surface area contributed by atoms with Gasteiger partial charge in [0.15, 0.2) is 6.10 Å². The molecule has 2 aliphatic heterocycles. The summed E-state index contributed by atoms with van der Waals surface area (Å²) in [4.78, 5) is 29.7. The summed E-state index contributed by atoms with van der Waals surface area (Å²) in [6, 6.07) is 3.79. The van der Waals surface area contributed by atoms with Gasteiger partial charge >= 0.3 is 5.97 Å². The van der Waals surface area contributed by atoms with E-state index >= 15 is 0 Å². The second kappa shape index (κ2) is 7.00. The van der Waals surface area contributed by atoms with Crippen molar-refractivity contribution < 1.29 is 14.6 Å². The van der Waals surface area contributed by atoms with Crippen LogP contribution in [-0.4, -0.2) is 21.4 Å². The van der Waals surface area contributed by atoms with Crippen molar-refractivity contribution in [2.75, 3.05) is 0 Å². The van der Waals surface area contributed by atoms with Gasteiger partial charge in [-0.2, -0.15) is 0 Å². The van der Waals surface area contributed by atoms with E-state index < -0.39 is 12.1 Å². The number of benzene rings is 1. The maximum absolute atomic E-state index is 12.9. The Balaban J connectivity index is 1.69. The number of esters is 1. The Labute approximate surface area is 176 Å². The summed E-state index contributed by atoms with van der Waals surface area (Å²) in [5, 5.41) is 11.4. The van der Waals surface area contributed by atoms with Crippen molar-refractivity contribution in [3.63, 3.8) is 0 Å². The van der Waals surface area contributed by atoms with E-state index in [0.29, 0.717) is 29.8 Å². The molecule has 2 atom stereocenters. The number of carbonyl (C=O) groups excluding carboxylic acids is 1. The quantitative estimate of drug-likeness (QED) is 0.566. The first-order chi connectivity index (χ1) is 14.4. The van der Waals surface area contributed by atoms with Crippen molar-refractivity contribution in [2.24, 2.45) is 4.99 Å². The minimum Gasteiger partial charge on any atom is -0.458 e. The van der Waals surface area contributed by atoms with Crippen molar-refractivity contribution in [1.82, 2.24) is 4.57 Å². The molecule has 3 aliphatic rings. The van der Waals surface area contributed by atoms with Gasteiger partial charge in [-0.25, -0.2) is 4.79 Å². The average Bonchev–Trinajstić information content (AvgIpc) is 3.12. The molecular weight excluding hydrogens is 399 g/mol. The molecule has 0 bridgehead atoms. The van der Waals surface area contributed by atoms with Crippen molar-refractivity contribution >= 4 is 37.5 Å². The Morgan fingerprint density at radius 3 is 2.83 bits per heavy atom. The Bertz CT molecular complexity index is 1220. The molecule has 0 saturated carbocycles. The van der Waals surface area contributed by atoms with Crippen molar-refractivity contribution in [3.8, 4) is 0 Å². The van der Waals surface area contributed by atoms with Gasteiger partial charge in [0.2, 0.25) is 0 Å². The van der Waals surface area contributed by atoms with E-state index in [1.807, 2.05) is 0 Å². The monoisotopic (exact) mass is 422 g/mol. The molecule has 5 rings (SSSR count). The number of aliphatic imine (C=N–C) groups is 1. The molecule has 7 heteroatoms.